The number of aromatic nitrogens is 2. The minimum atomic E-state index is -4.39. The fourth-order valence-corrected chi connectivity index (χ4v) is 2.87. The average molecular weight is 514 g/mol. The molecule has 2 heterocycles. The second kappa shape index (κ2) is 10.6. The zero-order valence-corrected chi connectivity index (χ0v) is 18.3. The number of thiazole rings is 1. The Kier molecular flexibility index (Phi) is 9.22. The highest BCUT2D eigenvalue weighted by Crippen LogP contribution is 2.29. The Balaban J connectivity index is 0.00000364. The van der Waals surface area contributed by atoms with Crippen LogP contribution in [-0.2, 0) is 19.1 Å². The van der Waals surface area contributed by atoms with Gasteiger partial charge in [0.25, 0.3) is 0 Å². The van der Waals surface area contributed by atoms with E-state index in [1.807, 2.05) is 31.1 Å². The first-order chi connectivity index (χ1) is 12.3. The van der Waals surface area contributed by atoms with Crippen molar-refractivity contribution in [1.29, 1.82) is 0 Å². The molecule has 2 rings (SSSR count). The minimum absolute atomic E-state index is 0. The fraction of sp³-hybridized carbons (Fsp3) is 0.438. The molecule has 0 saturated carbocycles. The topological polar surface area (TPSA) is 65.4 Å². The number of nitrogens with zero attached hydrogens (tertiary/aromatic N) is 4. The predicted molar refractivity (Wildman–Crippen MR) is 113 cm³/mol. The molecule has 0 atom stereocenters. The first-order valence-electron chi connectivity index (χ1n) is 7.88. The summed E-state index contributed by atoms with van der Waals surface area (Å²) in [6.07, 6.45) is -2.26. The van der Waals surface area contributed by atoms with E-state index in [9.17, 15) is 13.2 Å². The molecule has 150 valence electrons. The molecule has 0 amide bonds. The van der Waals surface area contributed by atoms with Crippen molar-refractivity contribution in [3.05, 3.63) is 40.0 Å². The summed E-state index contributed by atoms with van der Waals surface area (Å²) in [6, 6.07) is 3.87. The van der Waals surface area contributed by atoms with Crippen molar-refractivity contribution in [2.75, 3.05) is 32.6 Å². The van der Waals surface area contributed by atoms with E-state index in [-0.39, 0.29) is 24.0 Å². The average Bonchev–Trinajstić information content (AvgIpc) is 3.07. The maximum Gasteiger partial charge on any atom is 0.434 e. The minimum Gasteiger partial charge on any atom is -0.363 e. The van der Waals surface area contributed by atoms with Crippen molar-refractivity contribution < 1.29 is 13.2 Å². The molecule has 2 aromatic heterocycles. The molecule has 0 bridgehead atoms. The van der Waals surface area contributed by atoms with E-state index in [4.69, 9.17) is 0 Å². The summed E-state index contributed by atoms with van der Waals surface area (Å²) in [7, 11) is 5.48. The summed E-state index contributed by atoms with van der Waals surface area (Å²) < 4.78 is 37.6. The SMILES string of the molecule is CN=C(NCCc1nc(C(F)(F)F)cs1)NCc1ccnc(N(C)C)c1.I. The van der Waals surface area contributed by atoms with E-state index in [0.29, 0.717) is 30.5 Å². The molecule has 0 radical (unpaired) electrons. The van der Waals surface area contributed by atoms with E-state index < -0.39 is 11.9 Å². The van der Waals surface area contributed by atoms with E-state index in [0.717, 1.165) is 28.1 Å². The maximum atomic E-state index is 12.5. The molecule has 0 spiro atoms. The Hall–Kier alpha value is -1.63. The lowest BCUT2D eigenvalue weighted by Crippen LogP contribution is -2.37. The predicted octanol–water partition coefficient (Wildman–Crippen LogP) is 3.15. The highest BCUT2D eigenvalue weighted by atomic mass is 127. The summed E-state index contributed by atoms with van der Waals surface area (Å²) >= 11 is 1.01. The molecule has 0 unspecified atom stereocenters. The Labute approximate surface area is 177 Å². The smallest absolute Gasteiger partial charge is 0.363 e. The number of rotatable bonds is 6. The lowest BCUT2D eigenvalue weighted by molar-refractivity contribution is -0.140. The standard InChI is InChI=1S/C16H21F3N6S.HI/c1-20-15(23-9-11-4-6-21-13(8-11)25(2)3)22-7-5-14-24-12(10-26-14)16(17,18)19;/h4,6,8,10H,5,7,9H2,1-3H3,(H2,20,22,23);1H. The lowest BCUT2D eigenvalue weighted by atomic mass is 10.2. The van der Waals surface area contributed by atoms with Gasteiger partial charge in [-0.2, -0.15) is 13.2 Å². The first kappa shape index (κ1) is 23.4. The molecule has 0 saturated heterocycles. The molecule has 0 aromatic carbocycles. The lowest BCUT2D eigenvalue weighted by Gasteiger charge is -2.14. The number of halogens is 4. The zero-order valence-electron chi connectivity index (χ0n) is 15.2. The van der Waals surface area contributed by atoms with Gasteiger partial charge in [0.2, 0.25) is 0 Å². The van der Waals surface area contributed by atoms with E-state index in [1.54, 1.807) is 13.2 Å². The third-order valence-electron chi connectivity index (χ3n) is 3.43. The van der Waals surface area contributed by atoms with E-state index in [1.165, 1.54) is 0 Å². The summed E-state index contributed by atoms with van der Waals surface area (Å²) in [4.78, 5) is 13.9. The van der Waals surface area contributed by atoms with E-state index >= 15 is 0 Å². The summed E-state index contributed by atoms with van der Waals surface area (Å²) in [5.41, 5.74) is 0.204. The normalized spacial score (nSPS) is 11.7. The molecule has 0 aliphatic heterocycles. The van der Waals surface area contributed by atoms with Crippen LogP contribution in [-0.4, -0.2) is 43.6 Å². The fourth-order valence-electron chi connectivity index (χ4n) is 2.07. The zero-order chi connectivity index (χ0) is 19.2. The van der Waals surface area contributed by atoms with Gasteiger partial charge in [-0.1, -0.05) is 0 Å². The Bertz CT molecular complexity index is 748. The first-order valence-corrected chi connectivity index (χ1v) is 8.76. The monoisotopic (exact) mass is 514 g/mol. The van der Waals surface area contributed by atoms with Crippen LogP contribution in [0.1, 0.15) is 16.3 Å². The maximum absolute atomic E-state index is 12.5. The number of anilines is 1. The summed E-state index contributed by atoms with van der Waals surface area (Å²) in [5, 5.41) is 7.71. The molecule has 11 heteroatoms. The number of hydrogen-bond acceptors (Lipinski definition) is 5. The van der Waals surface area contributed by atoms with Gasteiger partial charge in [-0.05, 0) is 17.7 Å². The van der Waals surface area contributed by atoms with Crippen molar-refractivity contribution >= 4 is 47.1 Å². The van der Waals surface area contributed by atoms with Crippen molar-refractivity contribution in [2.45, 2.75) is 19.1 Å². The molecular weight excluding hydrogens is 492 g/mol. The van der Waals surface area contributed by atoms with Crippen LogP contribution in [0.25, 0.3) is 0 Å². The number of guanidine groups is 1. The molecule has 27 heavy (non-hydrogen) atoms. The van der Waals surface area contributed by atoms with Gasteiger partial charge in [-0.25, -0.2) is 9.97 Å². The van der Waals surface area contributed by atoms with Crippen molar-refractivity contribution in [2.24, 2.45) is 4.99 Å². The molecular formula is C16H22F3IN6S. The number of pyridine rings is 1. The Morgan fingerprint density at radius 1 is 1.30 bits per heavy atom. The third-order valence-corrected chi connectivity index (χ3v) is 4.33. The van der Waals surface area contributed by atoms with Crippen molar-refractivity contribution in [3.63, 3.8) is 0 Å². The Morgan fingerprint density at radius 3 is 2.63 bits per heavy atom. The van der Waals surface area contributed by atoms with Crippen LogP contribution in [0.4, 0.5) is 19.0 Å². The van der Waals surface area contributed by atoms with Crippen molar-refractivity contribution in [1.82, 2.24) is 20.6 Å². The summed E-state index contributed by atoms with van der Waals surface area (Å²) in [5.74, 6) is 1.43. The van der Waals surface area contributed by atoms with Gasteiger partial charge in [0.1, 0.15) is 5.82 Å². The highest BCUT2D eigenvalue weighted by molar-refractivity contribution is 14.0. The van der Waals surface area contributed by atoms with Gasteiger partial charge in [0.05, 0.1) is 5.01 Å². The number of alkyl halides is 3. The van der Waals surface area contributed by atoms with Gasteiger partial charge in [0.15, 0.2) is 11.7 Å². The van der Waals surface area contributed by atoms with Crippen LogP contribution in [0.15, 0.2) is 28.7 Å². The molecule has 2 N–H and O–H groups in total. The van der Waals surface area contributed by atoms with Gasteiger partial charge < -0.3 is 15.5 Å². The highest BCUT2D eigenvalue weighted by Gasteiger charge is 2.33. The van der Waals surface area contributed by atoms with Gasteiger partial charge in [-0.3, -0.25) is 4.99 Å². The van der Waals surface area contributed by atoms with Crippen LogP contribution < -0.4 is 15.5 Å². The Morgan fingerprint density at radius 2 is 2.04 bits per heavy atom. The van der Waals surface area contributed by atoms with Crippen LogP contribution in [0.2, 0.25) is 0 Å². The second-order valence-corrected chi connectivity index (χ2v) is 6.59. The van der Waals surface area contributed by atoms with Crippen LogP contribution >= 0.6 is 35.3 Å². The largest absolute Gasteiger partial charge is 0.434 e. The number of aliphatic imine (C=N–C) groups is 1. The second-order valence-electron chi connectivity index (χ2n) is 5.64. The van der Waals surface area contributed by atoms with E-state index in [2.05, 4.69) is 25.6 Å². The van der Waals surface area contributed by atoms with Crippen molar-refractivity contribution in [3.8, 4) is 0 Å². The molecule has 0 aliphatic rings. The molecule has 0 fully saturated rings. The van der Waals surface area contributed by atoms with Gasteiger partial charge in [-0.15, -0.1) is 35.3 Å². The van der Waals surface area contributed by atoms with Crippen LogP contribution in [0, 0.1) is 0 Å². The molecule has 6 nitrogen and oxygen atoms in total. The number of hydrogen-bond donors (Lipinski definition) is 2. The molecule has 0 aliphatic carbocycles. The quantitative estimate of drug-likeness (QED) is 0.353. The third kappa shape index (κ3) is 7.48. The molecule has 2 aromatic rings. The number of nitrogens with one attached hydrogen (secondary N) is 2. The van der Waals surface area contributed by atoms with Gasteiger partial charge in [0, 0.05) is 52.2 Å². The van der Waals surface area contributed by atoms with Crippen LogP contribution in [0.3, 0.4) is 0 Å². The van der Waals surface area contributed by atoms with Gasteiger partial charge >= 0.3 is 6.18 Å². The van der Waals surface area contributed by atoms with Crippen LogP contribution in [0.5, 0.6) is 0 Å². The summed E-state index contributed by atoms with van der Waals surface area (Å²) in [6.45, 7) is 0.988.